The van der Waals surface area contributed by atoms with E-state index < -0.39 is 46.1 Å². The summed E-state index contributed by atoms with van der Waals surface area (Å²) in [6.45, 7) is 2.95. The zero-order valence-corrected chi connectivity index (χ0v) is 15.7. The second kappa shape index (κ2) is 8.43. The van der Waals surface area contributed by atoms with Gasteiger partial charge in [-0.2, -0.15) is 0 Å². The molecular formula is C16H16N4O7S. The Morgan fingerprint density at radius 3 is 2.61 bits per heavy atom. The third kappa shape index (κ3) is 4.59. The molecule has 2 amide bonds. The predicted molar refractivity (Wildman–Crippen MR) is 99.5 cm³/mol. The number of pyridine rings is 1. The zero-order valence-electron chi connectivity index (χ0n) is 14.9. The molecule has 0 atom stereocenters. The number of hydrogen-bond acceptors (Lipinski definition) is 8. The van der Waals surface area contributed by atoms with Crippen molar-refractivity contribution in [2.45, 2.75) is 20.4 Å². The van der Waals surface area contributed by atoms with Crippen LogP contribution in [0.2, 0.25) is 0 Å². The standard InChI is InChI=1S/C16H16N4O7S/c1-3-27-16(24)13-8(2)4-12(28-13)18-11(21)7-19-6-9(20(25)26)5-10(14(17)22)15(19)23/h4-6H,3,7H2,1-2H3,(H2,17,22)(H,18,21). The van der Waals surface area contributed by atoms with Gasteiger partial charge in [-0.25, -0.2) is 4.79 Å². The number of ether oxygens (including phenoxy) is 1. The Balaban J connectivity index is 2.25. The summed E-state index contributed by atoms with van der Waals surface area (Å²) in [5, 5.41) is 13.8. The van der Waals surface area contributed by atoms with Crippen LogP contribution in [0.15, 0.2) is 23.1 Å². The number of thiophene rings is 1. The normalized spacial score (nSPS) is 10.4. The molecule has 0 aromatic carbocycles. The summed E-state index contributed by atoms with van der Waals surface area (Å²) < 4.78 is 5.64. The molecule has 0 saturated heterocycles. The van der Waals surface area contributed by atoms with Crippen LogP contribution >= 0.6 is 11.3 Å². The van der Waals surface area contributed by atoms with Crippen molar-refractivity contribution in [2.75, 3.05) is 11.9 Å². The summed E-state index contributed by atoms with van der Waals surface area (Å²) in [7, 11) is 0. The van der Waals surface area contributed by atoms with Crippen LogP contribution in [0.1, 0.15) is 32.5 Å². The topological polar surface area (TPSA) is 164 Å². The van der Waals surface area contributed by atoms with E-state index in [2.05, 4.69) is 5.32 Å². The van der Waals surface area contributed by atoms with Gasteiger partial charge in [-0.3, -0.25) is 29.1 Å². The Morgan fingerprint density at radius 1 is 1.36 bits per heavy atom. The molecule has 28 heavy (non-hydrogen) atoms. The lowest BCUT2D eigenvalue weighted by atomic mass is 10.2. The maximum Gasteiger partial charge on any atom is 0.348 e. The van der Waals surface area contributed by atoms with Gasteiger partial charge >= 0.3 is 5.97 Å². The third-order valence-corrected chi connectivity index (χ3v) is 4.64. The molecule has 2 heterocycles. The van der Waals surface area contributed by atoms with E-state index in [9.17, 15) is 29.3 Å². The van der Waals surface area contributed by atoms with Crippen LogP contribution in [0.3, 0.4) is 0 Å². The molecule has 3 N–H and O–H groups in total. The smallest absolute Gasteiger partial charge is 0.348 e. The maximum atomic E-state index is 12.2. The number of esters is 1. The molecular weight excluding hydrogens is 392 g/mol. The van der Waals surface area contributed by atoms with Crippen molar-refractivity contribution in [1.29, 1.82) is 0 Å². The molecule has 2 aromatic heterocycles. The molecule has 0 aliphatic heterocycles. The number of hydrogen-bond donors (Lipinski definition) is 2. The van der Waals surface area contributed by atoms with Gasteiger partial charge in [0.25, 0.3) is 17.2 Å². The van der Waals surface area contributed by atoms with Gasteiger partial charge < -0.3 is 15.8 Å². The molecule has 0 fully saturated rings. The number of nitro groups is 1. The highest BCUT2D eigenvalue weighted by Crippen LogP contribution is 2.27. The van der Waals surface area contributed by atoms with Gasteiger partial charge in [0.2, 0.25) is 5.91 Å². The van der Waals surface area contributed by atoms with E-state index in [1.165, 1.54) is 0 Å². The molecule has 0 saturated carbocycles. The highest BCUT2D eigenvalue weighted by Gasteiger charge is 2.20. The van der Waals surface area contributed by atoms with E-state index in [0.29, 0.717) is 15.4 Å². The number of carbonyl (C=O) groups excluding carboxylic acids is 3. The summed E-state index contributed by atoms with van der Waals surface area (Å²) >= 11 is 0.991. The number of nitrogens with zero attached hydrogens (tertiary/aromatic N) is 2. The molecule has 0 bridgehead atoms. The quantitative estimate of drug-likeness (QED) is 0.392. The molecule has 0 unspecified atom stereocenters. The lowest BCUT2D eigenvalue weighted by molar-refractivity contribution is -0.385. The number of carbonyl (C=O) groups is 3. The van der Waals surface area contributed by atoms with Gasteiger partial charge in [0.1, 0.15) is 17.0 Å². The summed E-state index contributed by atoms with van der Waals surface area (Å²) in [5.74, 6) is -2.35. The van der Waals surface area contributed by atoms with Crippen molar-refractivity contribution < 1.29 is 24.0 Å². The highest BCUT2D eigenvalue weighted by atomic mass is 32.1. The summed E-state index contributed by atoms with van der Waals surface area (Å²) in [6.07, 6.45) is 0.845. The van der Waals surface area contributed by atoms with Crippen LogP contribution in [-0.4, -0.2) is 33.9 Å². The molecule has 12 heteroatoms. The first-order valence-corrected chi connectivity index (χ1v) is 8.71. The van der Waals surface area contributed by atoms with E-state index in [1.54, 1.807) is 19.9 Å². The van der Waals surface area contributed by atoms with Gasteiger partial charge in [0, 0.05) is 6.07 Å². The predicted octanol–water partition coefficient (Wildman–Crippen LogP) is 1.04. The highest BCUT2D eigenvalue weighted by molar-refractivity contribution is 7.18. The Labute approximate surface area is 161 Å². The van der Waals surface area contributed by atoms with Crippen molar-refractivity contribution in [2.24, 2.45) is 5.73 Å². The molecule has 2 rings (SSSR count). The van der Waals surface area contributed by atoms with Gasteiger partial charge in [-0.1, -0.05) is 0 Å². The number of rotatable bonds is 7. The lowest BCUT2D eigenvalue weighted by Crippen LogP contribution is -2.33. The van der Waals surface area contributed by atoms with Crippen molar-refractivity contribution in [3.63, 3.8) is 0 Å². The second-order valence-corrected chi connectivity index (χ2v) is 6.61. The van der Waals surface area contributed by atoms with Crippen molar-refractivity contribution in [3.05, 3.63) is 54.8 Å². The van der Waals surface area contributed by atoms with Crippen LogP contribution in [0.4, 0.5) is 10.7 Å². The Kier molecular flexibility index (Phi) is 6.26. The van der Waals surface area contributed by atoms with E-state index in [0.717, 1.165) is 28.2 Å². The van der Waals surface area contributed by atoms with Crippen molar-refractivity contribution >= 4 is 39.8 Å². The summed E-state index contributed by atoms with van der Waals surface area (Å²) in [5.41, 5.74) is 3.58. The Morgan fingerprint density at radius 2 is 2.04 bits per heavy atom. The van der Waals surface area contributed by atoms with E-state index in [4.69, 9.17) is 10.5 Å². The molecule has 148 valence electrons. The Hall–Kier alpha value is -3.54. The average Bonchev–Trinajstić information content (AvgIpc) is 2.96. The van der Waals surface area contributed by atoms with Gasteiger partial charge in [0.05, 0.1) is 22.7 Å². The molecule has 11 nitrogen and oxygen atoms in total. The van der Waals surface area contributed by atoms with Crippen molar-refractivity contribution in [1.82, 2.24) is 4.57 Å². The number of nitrogens with one attached hydrogen (secondary N) is 1. The molecule has 0 aliphatic rings. The minimum absolute atomic E-state index is 0.204. The van der Waals surface area contributed by atoms with Crippen LogP contribution < -0.4 is 16.6 Å². The molecule has 2 aromatic rings. The molecule has 0 aliphatic carbocycles. The number of aryl methyl sites for hydroxylation is 1. The maximum absolute atomic E-state index is 12.2. The van der Waals surface area contributed by atoms with Crippen molar-refractivity contribution in [3.8, 4) is 0 Å². The van der Waals surface area contributed by atoms with E-state index in [1.807, 2.05) is 0 Å². The van der Waals surface area contributed by atoms with Crippen LogP contribution in [-0.2, 0) is 16.1 Å². The van der Waals surface area contributed by atoms with E-state index >= 15 is 0 Å². The Bertz CT molecular complexity index is 1020. The van der Waals surface area contributed by atoms with Crippen LogP contribution in [0.5, 0.6) is 0 Å². The van der Waals surface area contributed by atoms with Gasteiger partial charge in [0.15, 0.2) is 0 Å². The monoisotopic (exact) mass is 408 g/mol. The fourth-order valence-electron chi connectivity index (χ4n) is 2.29. The lowest BCUT2D eigenvalue weighted by Gasteiger charge is -2.07. The summed E-state index contributed by atoms with van der Waals surface area (Å²) in [4.78, 5) is 58.1. The fraction of sp³-hybridized carbons (Fsp3) is 0.250. The zero-order chi connectivity index (χ0) is 21.0. The minimum Gasteiger partial charge on any atom is -0.462 e. The SMILES string of the molecule is CCOC(=O)c1sc(NC(=O)Cn2cc([N+](=O)[O-])cc(C(N)=O)c2=O)cc1C. The van der Waals surface area contributed by atoms with E-state index in [-0.39, 0.29) is 6.61 Å². The number of amides is 2. The minimum atomic E-state index is -1.14. The first-order valence-electron chi connectivity index (χ1n) is 7.90. The second-order valence-electron chi connectivity index (χ2n) is 5.56. The molecule has 0 spiro atoms. The average molecular weight is 408 g/mol. The molecule has 0 radical (unpaired) electrons. The third-order valence-electron chi connectivity index (χ3n) is 3.50. The van der Waals surface area contributed by atoms with Gasteiger partial charge in [-0.15, -0.1) is 11.3 Å². The summed E-state index contributed by atoms with van der Waals surface area (Å²) in [6, 6.07) is 2.31. The van der Waals surface area contributed by atoms with Crippen LogP contribution in [0.25, 0.3) is 0 Å². The first kappa shape index (κ1) is 20.8. The largest absolute Gasteiger partial charge is 0.462 e. The number of nitrogens with two attached hydrogens (primary N) is 1. The number of aromatic nitrogens is 1. The van der Waals surface area contributed by atoms with Crippen LogP contribution in [0, 0.1) is 17.0 Å². The fourth-order valence-corrected chi connectivity index (χ4v) is 3.27. The first-order chi connectivity index (χ1) is 13.1. The number of anilines is 1. The number of primary amides is 1. The van der Waals surface area contributed by atoms with Gasteiger partial charge in [-0.05, 0) is 25.5 Å².